The molecule has 0 aliphatic carbocycles. The molecule has 0 saturated heterocycles. The number of hydrogen-bond acceptors (Lipinski definition) is 4. The van der Waals surface area contributed by atoms with Crippen molar-refractivity contribution in [3.8, 4) is 6.07 Å². The smallest absolute Gasteiger partial charge is 0.270 e. The Labute approximate surface area is 131 Å². The van der Waals surface area contributed by atoms with Crippen LogP contribution in [0.5, 0.6) is 0 Å². The molecule has 0 radical (unpaired) electrons. The van der Waals surface area contributed by atoms with Crippen molar-refractivity contribution in [2.45, 2.75) is 11.8 Å². The van der Waals surface area contributed by atoms with Crippen molar-refractivity contribution >= 4 is 36.1 Å². The predicted octanol–water partition coefficient (Wildman–Crippen LogP) is 3.59. The van der Waals surface area contributed by atoms with Crippen LogP contribution in [0.1, 0.15) is 23.7 Å². The molecule has 4 nitrogen and oxygen atoms in total. The molecule has 0 bridgehead atoms. The molecular weight excluding hydrogens is 302 g/mol. The normalized spacial score (nSPS) is 10.7. The maximum atomic E-state index is 11.7. The van der Waals surface area contributed by atoms with Crippen molar-refractivity contribution < 1.29 is 0 Å². The Kier molecular flexibility index (Phi) is 5.14. The molecule has 0 amide bonds. The van der Waals surface area contributed by atoms with Crippen LogP contribution in [-0.4, -0.2) is 15.7 Å². The average Bonchev–Trinajstić information content (AvgIpc) is 2.46. The molecule has 0 atom stereocenters. The SMILES string of the molecule is CCSc1ccccc1/C=C/c1[nH]c(=S)[nH]c(=O)c1C#N. The number of aromatic amines is 2. The van der Waals surface area contributed by atoms with Crippen molar-refractivity contribution in [1.82, 2.24) is 9.97 Å². The molecule has 1 aromatic carbocycles. The van der Waals surface area contributed by atoms with Crippen LogP contribution in [0.3, 0.4) is 0 Å². The summed E-state index contributed by atoms with van der Waals surface area (Å²) in [5.74, 6) is 0.974. The van der Waals surface area contributed by atoms with Gasteiger partial charge < -0.3 is 4.98 Å². The van der Waals surface area contributed by atoms with Gasteiger partial charge in [0.05, 0.1) is 5.69 Å². The number of benzene rings is 1. The van der Waals surface area contributed by atoms with Crippen LogP contribution in [0.25, 0.3) is 12.2 Å². The third-order valence-electron chi connectivity index (χ3n) is 2.73. The highest BCUT2D eigenvalue weighted by Gasteiger charge is 2.05. The zero-order valence-electron chi connectivity index (χ0n) is 11.3. The summed E-state index contributed by atoms with van der Waals surface area (Å²) < 4.78 is 0.204. The van der Waals surface area contributed by atoms with E-state index in [0.717, 1.165) is 16.2 Å². The number of nitriles is 1. The van der Waals surface area contributed by atoms with E-state index in [4.69, 9.17) is 17.5 Å². The van der Waals surface area contributed by atoms with E-state index in [1.807, 2.05) is 36.4 Å². The molecule has 1 heterocycles. The van der Waals surface area contributed by atoms with E-state index in [1.54, 1.807) is 17.8 Å². The predicted molar refractivity (Wildman–Crippen MR) is 88.7 cm³/mol. The maximum Gasteiger partial charge on any atom is 0.270 e. The van der Waals surface area contributed by atoms with Gasteiger partial charge in [0.15, 0.2) is 4.77 Å². The molecule has 0 saturated carbocycles. The minimum atomic E-state index is -0.475. The van der Waals surface area contributed by atoms with E-state index < -0.39 is 5.56 Å². The average molecular weight is 315 g/mol. The zero-order valence-corrected chi connectivity index (χ0v) is 13.0. The Morgan fingerprint density at radius 1 is 1.33 bits per heavy atom. The lowest BCUT2D eigenvalue weighted by Gasteiger charge is -2.03. The van der Waals surface area contributed by atoms with Gasteiger partial charge in [-0.3, -0.25) is 9.78 Å². The molecule has 0 fully saturated rings. The van der Waals surface area contributed by atoms with Crippen LogP contribution in [0.4, 0.5) is 0 Å². The first kappa shape index (κ1) is 15.3. The topological polar surface area (TPSA) is 72.4 Å². The van der Waals surface area contributed by atoms with E-state index in [0.29, 0.717) is 5.69 Å². The van der Waals surface area contributed by atoms with Crippen LogP contribution in [0, 0.1) is 16.1 Å². The van der Waals surface area contributed by atoms with Crippen LogP contribution in [-0.2, 0) is 0 Å². The molecule has 0 spiro atoms. The van der Waals surface area contributed by atoms with Crippen LogP contribution in [0.15, 0.2) is 34.0 Å². The molecule has 2 aromatic rings. The lowest BCUT2D eigenvalue weighted by molar-refractivity contribution is 1.06. The molecule has 0 unspecified atom stereocenters. The maximum absolute atomic E-state index is 11.7. The van der Waals surface area contributed by atoms with Gasteiger partial charge >= 0.3 is 0 Å². The Balaban J connectivity index is 2.46. The Morgan fingerprint density at radius 2 is 2.10 bits per heavy atom. The van der Waals surface area contributed by atoms with Gasteiger partial charge in [-0.1, -0.05) is 31.2 Å². The number of thioether (sulfide) groups is 1. The Bertz CT molecular complexity index is 828. The largest absolute Gasteiger partial charge is 0.331 e. The van der Waals surface area contributed by atoms with Crippen LogP contribution < -0.4 is 5.56 Å². The molecule has 2 rings (SSSR count). The van der Waals surface area contributed by atoms with Crippen molar-refractivity contribution in [2.24, 2.45) is 0 Å². The molecule has 1 aromatic heterocycles. The Hall–Kier alpha value is -2.10. The van der Waals surface area contributed by atoms with E-state index in [1.165, 1.54) is 0 Å². The van der Waals surface area contributed by atoms with E-state index in [9.17, 15) is 4.79 Å². The lowest BCUT2D eigenvalue weighted by Crippen LogP contribution is -2.13. The van der Waals surface area contributed by atoms with Crippen LogP contribution >= 0.6 is 24.0 Å². The highest BCUT2D eigenvalue weighted by molar-refractivity contribution is 7.99. The van der Waals surface area contributed by atoms with Gasteiger partial charge in [0, 0.05) is 4.90 Å². The van der Waals surface area contributed by atoms with Crippen molar-refractivity contribution in [3.63, 3.8) is 0 Å². The molecule has 0 aliphatic heterocycles. The van der Waals surface area contributed by atoms with Gasteiger partial charge in [-0.15, -0.1) is 11.8 Å². The van der Waals surface area contributed by atoms with Crippen LogP contribution in [0.2, 0.25) is 0 Å². The molecule has 6 heteroatoms. The second-order valence-corrected chi connectivity index (χ2v) is 5.83. The van der Waals surface area contributed by atoms with Gasteiger partial charge in [0.2, 0.25) is 0 Å². The van der Waals surface area contributed by atoms with Gasteiger partial charge in [-0.25, -0.2) is 0 Å². The van der Waals surface area contributed by atoms with Gasteiger partial charge in [-0.2, -0.15) is 5.26 Å². The first-order valence-corrected chi connectivity index (χ1v) is 7.71. The first-order valence-electron chi connectivity index (χ1n) is 6.32. The highest BCUT2D eigenvalue weighted by Crippen LogP contribution is 2.23. The number of rotatable bonds is 4. The monoisotopic (exact) mass is 315 g/mol. The molecular formula is C15H13N3OS2. The Morgan fingerprint density at radius 3 is 2.81 bits per heavy atom. The second-order valence-electron chi connectivity index (χ2n) is 4.11. The second kappa shape index (κ2) is 7.07. The third kappa shape index (κ3) is 3.72. The number of nitrogens with one attached hydrogen (secondary N) is 2. The molecule has 21 heavy (non-hydrogen) atoms. The summed E-state index contributed by atoms with van der Waals surface area (Å²) in [6.45, 7) is 2.09. The molecule has 106 valence electrons. The van der Waals surface area contributed by atoms with Gasteiger partial charge in [0.1, 0.15) is 11.6 Å². The third-order valence-corrected chi connectivity index (χ3v) is 3.91. The summed E-state index contributed by atoms with van der Waals surface area (Å²) in [5.41, 5.74) is 1.01. The standard InChI is InChI=1S/C15H13N3OS2/c1-2-21-13-6-4-3-5-10(13)7-8-12-11(9-16)14(19)18-15(20)17-12/h3-8H,2H2,1H3,(H2,17,18,19,20)/b8-7+. The van der Waals surface area contributed by atoms with Gasteiger partial charge in [-0.05, 0) is 35.7 Å². The zero-order chi connectivity index (χ0) is 15.2. The highest BCUT2D eigenvalue weighted by atomic mass is 32.2. The fourth-order valence-electron chi connectivity index (χ4n) is 1.82. The number of H-pyrrole nitrogens is 2. The summed E-state index contributed by atoms with van der Waals surface area (Å²) >= 11 is 6.67. The number of aromatic nitrogens is 2. The van der Waals surface area contributed by atoms with Crippen molar-refractivity contribution in [3.05, 3.63) is 56.2 Å². The van der Waals surface area contributed by atoms with Crippen molar-refractivity contribution in [2.75, 3.05) is 5.75 Å². The lowest BCUT2D eigenvalue weighted by atomic mass is 10.1. The fourth-order valence-corrected chi connectivity index (χ4v) is 2.81. The number of nitrogens with zero attached hydrogens (tertiary/aromatic N) is 1. The minimum Gasteiger partial charge on any atom is -0.331 e. The minimum absolute atomic E-state index is 0.0282. The summed E-state index contributed by atoms with van der Waals surface area (Å²) in [6, 6.07) is 9.85. The summed E-state index contributed by atoms with van der Waals surface area (Å²) in [4.78, 5) is 18.1. The van der Waals surface area contributed by atoms with E-state index in [-0.39, 0.29) is 10.3 Å². The summed E-state index contributed by atoms with van der Waals surface area (Å²) in [7, 11) is 0. The summed E-state index contributed by atoms with van der Waals surface area (Å²) in [6.07, 6.45) is 3.58. The molecule has 0 aliphatic rings. The quantitative estimate of drug-likeness (QED) is 0.668. The van der Waals surface area contributed by atoms with Gasteiger partial charge in [0.25, 0.3) is 5.56 Å². The summed E-state index contributed by atoms with van der Waals surface area (Å²) in [5, 5.41) is 9.06. The van der Waals surface area contributed by atoms with Crippen molar-refractivity contribution in [1.29, 1.82) is 5.26 Å². The molecule has 2 N–H and O–H groups in total. The first-order chi connectivity index (χ1) is 10.2. The van der Waals surface area contributed by atoms with E-state index >= 15 is 0 Å². The number of hydrogen-bond donors (Lipinski definition) is 2. The fraction of sp³-hybridized carbons (Fsp3) is 0.133. The van der Waals surface area contributed by atoms with E-state index in [2.05, 4.69) is 16.9 Å².